The molecule has 0 spiro atoms. The molecule has 0 radical (unpaired) electrons. The van der Waals surface area contributed by atoms with Crippen molar-refractivity contribution in [1.29, 1.82) is 0 Å². The Balaban J connectivity index is 1.28. The van der Waals surface area contributed by atoms with Gasteiger partial charge in [-0.15, -0.1) is 0 Å². The maximum Gasteiger partial charge on any atom is 0.193 e. The van der Waals surface area contributed by atoms with Crippen molar-refractivity contribution in [2.75, 3.05) is 32.8 Å². The van der Waals surface area contributed by atoms with E-state index in [4.69, 9.17) is 14.7 Å². The first kappa shape index (κ1) is 21.4. The molecule has 0 amide bonds. The van der Waals surface area contributed by atoms with Crippen LogP contribution in [-0.4, -0.2) is 53.0 Å². The summed E-state index contributed by atoms with van der Waals surface area (Å²) in [6.07, 6.45) is 6.15. The fourth-order valence-corrected chi connectivity index (χ4v) is 4.11. The number of benzene rings is 1. The lowest BCUT2D eigenvalue weighted by atomic mass is 10.1. The van der Waals surface area contributed by atoms with E-state index in [0.29, 0.717) is 12.5 Å². The Morgan fingerprint density at radius 3 is 2.90 bits per heavy atom. The highest BCUT2D eigenvalue weighted by molar-refractivity contribution is 5.80. The predicted octanol–water partition coefficient (Wildman–Crippen LogP) is 3.69. The smallest absolute Gasteiger partial charge is 0.193 e. The van der Waals surface area contributed by atoms with Gasteiger partial charge in [-0.2, -0.15) is 0 Å². The minimum absolute atomic E-state index is 0.550. The zero-order valence-electron chi connectivity index (χ0n) is 18.6. The number of nitrogens with one attached hydrogen (secondary N) is 1. The van der Waals surface area contributed by atoms with Crippen LogP contribution >= 0.6 is 0 Å². The molecule has 1 N–H and O–H groups in total. The lowest BCUT2D eigenvalue weighted by Gasteiger charge is -2.21. The Labute approximate surface area is 185 Å². The average molecular weight is 420 g/mol. The molecule has 3 aromatic rings. The molecule has 1 aromatic carbocycles. The quantitative estimate of drug-likeness (QED) is 0.447. The molecule has 2 aromatic heterocycles. The molecule has 3 heterocycles. The third-order valence-corrected chi connectivity index (χ3v) is 5.74. The number of imidazole rings is 1. The maximum atomic E-state index is 5.97. The summed E-state index contributed by atoms with van der Waals surface area (Å²) < 4.78 is 8.07. The Kier molecular flexibility index (Phi) is 7.20. The lowest BCUT2D eigenvalue weighted by Crippen LogP contribution is -2.40. The zero-order chi connectivity index (χ0) is 21.5. The van der Waals surface area contributed by atoms with Gasteiger partial charge in [-0.25, -0.2) is 4.98 Å². The molecule has 164 valence electrons. The molecule has 0 bridgehead atoms. The van der Waals surface area contributed by atoms with Crippen LogP contribution in [0.4, 0.5) is 0 Å². The molecule has 31 heavy (non-hydrogen) atoms. The van der Waals surface area contributed by atoms with Gasteiger partial charge in [0.15, 0.2) is 5.96 Å². The van der Waals surface area contributed by atoms with E-state index in [1.807, 2.05) is 6.07 Å². The van der Waals surface area contributed by atoms with Crippen LogP contribution in [0.15, 0.2) is 59.9 Å². The first-order chi connectivity index (χ1) is 15.2. The highest BCUT2D eigenvalue weighted by atomic mass is 16.5. The molecule has 6 nitrogen and oxygen atoms in total. The molecule has 6 heteroatoms. The standard InChI is InChI=1S/C25H33N5O/c1-3-26-25(27-13-11-23-17-29-14-7-8-20(2)24(29)28-23)30-15-12-22(16-30)19-31-18-21-9-5-4-6-10-21/h4-10,14,17,22H,3,11-13,15-16,18-19H2,1-2H3,(H,26,27). The number of fused-ring (bicyclic) bond motifs is 1. The second kappa shape index (κ2) is 10.4. The van der Waals surface area contributed by atoms with Crippen LogP contribution < -0.4 is 5.32 Å². The van der Waals surface area contributed by atoms with Gasteiger partial charge in [0, 0.05) is 50.9 Å². The molecule has 1 atom stereocenters. The Morgan fingerprint density at radius 2 is 2.10 bits per heavy atom. The Hall–Kier alpha value is -2.86. The van der Waals surface area contributed by atoms with Crippen LogP contribution in [0.5, 0.6) is 0 Å². The molecule has 1 fully saturated rings. The first-order valence-electron chi connectivity index (χ1n) is 11.3. The van der Waals surface area contributed by atoms with E-state index in [0.717, 1.165) is 62.9 Å². The van der Waals surface area contributed by atoms with Gasteiger partial charge in [-0.05, 0) is 37.5 Å². The third-order valence-electron chi connectivity index (χ3n) is 5.74. The molecule has 0 aliphatic carbocycles. The molecular weight excluding hydrogens is 386 g/mol. The SMILES string of the molecule is CCNC(=NCCc1cn2cccc(C)c2n1)N1CCC(COCc2ccccc2)C1. The topological polar surface area (TPSA) is 54.2 Å². The fraction of sp³-hybridized carbons (Fsp3) is 0.440. The third kappa shape index (κ3) is 5.64. The number of likely N-dealkylation sites (tertiary alicyclic amines) is 1. The zero-order valence-corrected chi connectivity index (χ0v) is 18.6. The average Bonchev–Trinajstić information content (AvgIpc) is 3.42. The second-order valence-electron chi connectivity index (χ2n) is 8.24. The Morgan fingerprint density at radius 1 is 1.23 bits per heavy atom. The highest BCUT2D eigenvalue weighted by Gasteiger charge is 2.25. The van der Waals surface area contributed by atoms with E-state index in [-0.39, 0.29) is 0 Å². The summed E-state index contributed by atoms with van der Waals surface area (Å²) in [5, 5.41) is 3.46. The molecule has 1 aliphatic rings. The fourth-order valence-electron chi connectivity index (χ4n) is 4.11. The predicted molar refractivity (Wildman–Crippen MR) is 125 cm³/mol. The van der Waals surface area contributed by atoms with Crippen molar-refractivity contribution in [3.05, 3.63) is 71.7 Å². The largest absolute Gasteiger partial charge is 0.376 e. The number of hydrogen-bond donors (Lipinski definition) is 1. The van der Waals surface area contributed by atoms with Crippen molar-refractivity contribution in [1.82, 2.24) is 19.6 Å². The molecule has 1 aliphatic heterocycles. The van der Waals surface area contributed by atoms with Gasteiger partial charge in [0.1, 0.15) is 5.65 Å². The normalized spacial score (nSPS) is 16.9. The van der Waals surface area contributed by atoms with Crippen molar-refractivity contribution in [2.45, 2.75) is 33.3 Å². The molecule has 0 saturated carbocycles. The number of nitrogens with zero attached hydrogens (tertiary/aromatic N) is 4. The van der Waals surface area contributed by atoms with Crippen molar-refractivity contribution in [2.24, 2.45) is 10.9 Å². The summed E-state index contributed by atoms with van der Waals surface area (Å²) in [7, 11) is 0. The van der Waals surface area contributed by atoms with E-state index in [1.54, 1.807) is 0 Å². The number of aromatic nitrogens is 2. The van der Waals surface area contributed by atoms with Crippen LogP contribution in [0.2, 0.25) is 0 Å². The summed E-state index contributed by atoms with van der Waals surface area (Å²) in [5.41, 5.74) is 4.55. The van der Waals surface area contributed by atoms with E-state index in [9.17, 15) is 0 Å². The van der Waals surface area contributed by atoms with Gasteiger partial charge in [0.05, 0.1) is 18.9 Å². The Bertz CT molecular complexity index is 998. The monoisotopic (exact) mass is 419 g/mol. The molecule has 1 unspecified atom stereocenters. The van der Waals surface area contributed by atoms with E-state index < -0.39 is 0 Å². The highest BCUT2D eigenvalue weighted by Crippen LogP contribution is 2.17. The van der Waals surface area contributed by atoms with Crippen LogP contribution in [0.25, 0.3) is 5.65 Å². The number of aryl methyl sites for hydroxylation is 1. The van der Waals surface area contributed by atoms with E-state index >= 15 is 0 Å². The van der Waals surface area contributed by atoms with Gasteiger partial charge < -0.3 is 19.4 Å². The number of pyridine rings is 1. The number of hydrogen-bond acceptors (Lipinski definition) is 3. The summed E-state index contributed by atoms with van der Waals surface area (Å²) in [6.45, 7) is 9.33. The first-order valence-corrected chi connectivity index (χ1v) is 11.3. The summed E-state index contributed by atoms with van der Waals surface area (Å²) >= 11 is 0. The van der Waals surface area contributed by atoms with Crippen LogP contribution in [0, 0.1) is 12.8 Å². The van der Waals surface area contributed by atoms with E-state index in [2.05, 4.69) is 77.3 Å². The van der Waals surface area contributed by atoms with Crippen molar-refractivity contribution >= 4 is 11.6 Å². The van der Waals surface area contributed by atoms with Gasteiger partial charge in [-0.3, -0.25) is 4.99 Å². The summed E-state index contributed by atoms with van der Waals surface area (Å²) in [6, 6.07) is 14.5. The lowest BCUT2D eigenvalue weighted by molar-refractivity contribution is 0.0907. The number of ether oxygens (including phenoxy) is 1. The van der Waals surface area contributed by atoms with Crippen molar-refractivity contribution < 1.29 is 4.74 Å². The van der Waals surface area contributed by atoms with Gasteiger partial charge in [-0.1, -0.05) is 36.4 Å². The minimum Gasteiger partial charge on any atom is -0.376 e. The summed E-state index contributed by atoms with van der Waals surface area (Å²) in [4.78, 5) is 12.0. The van der Waals surface area contributed by atoms with Crippen LogP contribution in [-0.2, 0) is 17.8 Å². The minimum atomic E-state index is 0.550. The maximum absolute atomic E-state index is 5.97. The second-order valence-corrected chi connectivity index (χ2v) is 8.24. The summed E-state index contributed by atoms with van der Waals surface area (Å²) in [5.74, 6) is 1.56. The molecule has 1 saturated heterocycles. The van der Waals surface area contributed by atoms with Gasteiger partial charge in [0.2, 0.25) is 0 Å². The van der Waals surface area contributed by atoms with Crippen LogP contribution in [0.1, 0.15) is 30.2 Å². The number of aliphatic imine (C=N–C) groups is 1. The number of rotatable bonds is 8. The van der Waals surface area contributed by atoms with E-state index in [1.165, 1.54) is 11.1 Å². The van der Waals surface area contributed by atoms with Gasteiger partial charge >= 0.3 is 0 Å². The molecule has 4 rings (SSSR count). The van der Waals surface area contributed by atoms with Crippen LogP contribution in [0.3, 0.4) is 0 Å². The molecular formula is C25H33N5O. The number of guanidine groups is 1. The van der Waals surface area contributed by atoms with Gasteiger partial charge in [0.25, 0.3) is 0 Å². The van der Waals surface area contributed by atoms with Crippen molar-refractivity contribution in [3.8, 4) is 0 Å². The van der Waals surface area contributed by atoms with Crippen molar-refractivity contribution in [3.63, 3.8) is 0 Å².